The van der Waals surface area contributed by atoms with Crippen LogP contribution in [-0.4, -0.2) is 14.6 Å². The quantitative estimate of drug-likeness (QED) is 0.526. The molecule has 4 aromatic rings. The second kappa shape index (κ2) is 6.12. The van der Waals surface area contributed by atoms with Gasteiger partial charge in [-0.1, -0.05) is 57.2 Å². The molecule has 0 spiro atoms. The van der Waals surface area contributed by atoms with Crippen molar-refractivity contribution in [2.75, 3.05) is 0 Å². The van der Waals surface area contributed by atoms with Crippen LogP contribution >= 0.6 is 11.5 Å². The molecule has 0 aliphatic carbocycles. The molecule has 0 unspecified atom stereocenters. The summed E-state index contributed by atoms with van der Waals surface area (Å²) in [5, 5.41) is 8.87. The molecular formula is C21H21N3S. The third-order valence-electron chi connectivity index (χ3n) is 4.42. The van der Waals surface area contributed by atoms with Crippen LogP contribution < -0.4 is 0 Å². The van der Waals surface area contributed by atoms with Gasteiger partial charge in [0.15, 0.2) is 0 Å². The van der Waals surface area contributed by atoms with E-state index in [0.29, 0.717) is 0 Å². The molecule has 0 aliphatic rings. The van der Waals surface area contributed by atoms with Gasteiger partial charge in [0.2, 0.25) is 0 Å². The van der Waals surface area contributed by atoms with Crippen molar-refractivity contribution in [3.05, 3.63) is 70.9 Å². The molecule has 0 aliphatic heterocycles. The van der Waals surface area contributed by atoms with E-state index in [1.54, 1.807) is 11.5 Å². The molecule has 2 aromatic heterocycles. The first-order valence-corrected chi connectivity index (χ1v) is 9.26. The van der Waals surface area contributed by atoms with Gasteiger partial charge in [-0.05, 0) is 40.2 Å². The molecule has 0 radical (unpaired) electrons. The van der Waals surface area contributed by atoms with Crippen LogP contribution in [0.15, 0.2) is 54.7 Å². The molecule has 0 atom stereocenters. The average molecular weight is 347 g/mol. The van der Waals surface area contributed by atoms with Crippen molar-refractivity contribution in [3.8, 4) is 11.1 Å². The molecular weight excluding hydrogens is 326 g/mol. The number of nitrogens with zero attached hydrogens (tertiary/aromatic N) is 2. The first-order chi connectivity index (χ1) is 12.0. The van der Waals surface area contributed by atoms with Crippen molar-refractivity contribution in [1.82, 2.24) is 14.6 Å². The first kappa shape index (κ1) is 16.0. The minimum absolute atomic E-state index is 0.0920. The standard InChI is InChI=1S/C21H21N3S/c1-21(2,3)20-17(13-22-25-20)15-9-10-18-16(12-15)19(24-23-18)11-14-7-5-4-6-8-14/h4-10,12-13H,11H2,1-3H3,(H,23,24). The first-order valence-electron chi connectivity index (χ1n) is 8.49. The summed E-state index contributed by atoms with van der Waals surface area (Å²) in [5.74, 6) is 0. The lowest BCUT2D eigenvalue weighted by Gasteiger charge is -2.18. The zero-order valence-corrected chi connectivity index (χ0v) is 15.5. The number of nitrogens with one attached hydrogen (secondary N) is 1. The highest BCUT2D eigenvalue weighted by Crippen LogP contribution is 2.37. The molecule has 2 heterocycles. The lowest BCUT2D eigenvalue weighted by molar-refractivity contribution is 0.605. The highest BCUT2D eigenvalue weighted by molar-refractivity contribution is 7.06. The van der Waals surface area contributed by atoms with Crippen molar-refractivity contribution >= 4 is 22.4 Å². The van der Waals surface area contributed by atoms with Gasteiger partial charge in [0.1, 0.15) is 0 Å². The van der Waals surface area contributed by atoms with Crippen molar-refractivity contribution in [2.24, 2.45) is 0 Å². The van der Waals surface area contributed by atoms with Gasteiger partial charge in [0, 0.05) is 34.1 Å². The summed E-state index contributed by atoms with van der Waals surface area (Å²) in [6.07, 6.45) is 2.85. The van der Waals surface area contributed by atoms with Gasteiger partial charge in [-0.2, -0.15) is 5.10 Å². The van der Waals surface area contributed by atoms with E-state index < -0.39 is 0 Å². The van der Waals surface area contributed by atoms with Crippen LogP contribution in [0.3, 0.4) is 0 Å². The van der Waals surface area contributed by atoms with Crippen LogP contribution in [0.2, 0.25) is 0 Å². The molecule has 1 N–H and O–H groups in total. The van der Waals surface area contributed by atoms with Crippen LogP contribution in [0.25, 0.3) is 22.0 Å². The zero-order valence-electron chi connectivity index (χ0n) is 14.7. The van der Waals surface area contributed by atoms with Crippen LogP contribution in [0.4, 0.5) is 0 Å². The average Bonchev–Trinajstić information content (AvgIpc) is 3.22. The molecule has 2 aromatic carbocycles. The van der Waals surface area contributed by atoms with Crippen molar-refractivity contribution in [3.63, 3.8) is 0 Å². The number of fused-ring (bicyclic) bond motifs is 1. The SMILES string of the molecule is CC(C)(C)c1sncc1-c1ccc2n[nH]c(Cc3ccccc3)c2c1. The third-order valence-corrected chi connectivity index (χ3v) is 5.65. The number of benzene rings is 2. The molecule has 0 amide bonds. The molecule has 25 heavy (non-hydrogen) atoms. The summed E-state index contributed by atoms with van der Waals surface area (Å²) >= 11 is 1.59. The minimum Gasteiger partial charge on any atom is -0.281 e. The third kappa shape index (κ3) is 3.10. The van der Waals surface area contributed by atoms with Crippen molar-refractivity contribution in [1.29, 1.82) is 0 Å². The number of hydrogen-bond acceptors (Lipinski definition) is 3. The van der Waals surface area contributed by atoms with Gasteiger partial charge in [0.25, 0.3) is 0 Å². The summed E-state index contributed by atoms with van der Waals surface area (Å²) in [6.45, 7) is 6.71. The summed E-state index contributed by atoms with van der Waals surface area (Å²) in [4.78, 5) is 1.32. The van der Waals surface area contributed by atoms with Crippen molar-refractivity contribution in [2.45, 2.75) is 32.6 Å². The smallest absolute Gasteiger partial charge is 0.0924 e. The van der Waals surface area contributed by atoms with Crippen LogP contribution in [0.1, 0.15) is 36.9 Å². The Morgan fingerprint density at radius 2 is 1.84 bits per heavy atom. The highest BCUT2D eigenvalue weighted by Gasteiger charge is 2.21. The van der Waals surface area contributed by atoms with Gasteiger partial charge in [-0.3, -0.25) is 5.10 Å². The highest BCUT2D eigenvalue weighted by atomic mass is 32.1. The van der Waals surface area contributed by atoms with Crippen LogP contribution in [0, 0.1) is 0 Å². The van der Waals surface area contributed by atoms with E-state index in [4.69, 9.17) is 0 Å². The molecule has 4 heteroatoms. The molecule has 3 nitrogen and oxygen atoms in total. The maximum Gasteiger partial charge on any atom is 0.0924 e. The summed E-state index contributed by atoms with van der Waals surface area (Å²) in [6, 6.07) is 17.0. The minimum atomic E-state index is 0.0920. The lowest BCUT2D eigenvalue weighted by atomic mass is 9.89. The Bertz CT molecular complexity index is 1010. The van der Waals surface area contributed by atoms with Gasteiger partial charge < -0.3 is 0 Å². The number of aromatic amines is 1. The topological polar surface area (TPSA) is 41.6 Å². The molecule has 126 valence electrons. The Morgan fingerprint density at radius 1 is 1.04 bits per heavy atom. The zero-order chi connectivity index (χ0) is 17.4. The molecule has 0 bridgehead atoms. The Balaban J connectivity index is 1.78. The van der Waals surface area contributed by atoms with Crippen molar-refractivity contribution < 1.29 is 0 Å². The summed E-state index contributed by atoms with van der Waals surface area (Å²) in [7, 11) is 0. The Kier molecular flexibility index (Phi) is 3.92. The Hall–Kier alpha value is -2.46. The maximum absolute atomic E-state index is 4.47. The molecule has 0 saturated heterocycles. The predicted octanol–water partition coefficient (Wildman–Crippen LogP) is 5.57. The fourth-order valence-electron chi connectivity index (χ4n) is 3.15. The van der Waals surface area contributed by atoms with E-state index in [9.17, 15) is 0 Å². The van der Waals surface area contributed by atoms with Gasteiger partial charge in [0.05, 0.1) is 5.52 Å². The molecule has 0 saturated carbocycles. The number of aromatic nitrogens is 3. The van der Waals surface area contributed by atoms with E-state index in [1.165, 1.54) is 27.0 Å². The largest absolute Gasteiger partial charge is 0.281 e. The monoisotopic (exact) mass is 347 g/mol. The lowest BCUT2D eigenvalue weighted by Crippen LogP contribution is -2.09. The van der Waals surface area contributed by atoms with E-state index in [0.717, 1.165) is 17.6 Å². The van der Waals surface area contributed by atoms with Crippen LogP contribution in [0.5, 0.6) is 0 Å². The normalized spacial score (nSPS) is 12.0. The van der Waals surface area contributed by atoms with E-state index in [2.05, 4.69) is 77.8 Å². The van der Waals surface area contributed by atoms with E-state index in [1.807, 2.05) is 12.3 Å². The van der Waals surface area contributed by atoms with Gasteiger partial charge >= 0.3 is 0 Å². The maximum atomic E-state index is 4.47. The van der Waals surface area contributed by atoms with Crippen LogP contribution in [-0.2, 0) is 11.8 Å². The second-order valence-electron chi connectivity index (χ2n) is 7.42. The number of rotatable bonds is 3. The Labute approximate surface area is 151 Å². The molecule has 4 rings (SSSR count). The predicted molar refractivity (Wildman–Crippen MR) is 105 cm³/mol. The van der Waals surface area contributed by atoms with E-state index >= 15 is 0 Å². The fraction of sp³-hybridized carbons (Fsp3) is 0.238. The Morgan fingerprint density at radius 3 is 2.60 bits per heavy atom. The number of H-pyrrole nitrogens is 1. The molecule has 0 fully saturated rings. The van der Waals surface area contributed by atoms with Gasteiger partial charge in [-0.15, -0.1) is 0 Å². The van der Waals surface area contributed by atoms with E-state index in [-0.39, 0.29) is 5.41 Å². The summed E-state index contributed by atoms with van der Waals surface area (Å²) < 4.78 is 4.44. The van der Waals surface area contributed by atoms with Gasteiger partial charge in [-0.25, -0.2) is 4.37 Å². The second-order valence-corrected chi connectivity index (χ2v) is 8.22. The number of hydrogen-bond donors (Lipinski definition) is 1. The summed E-state index contributed by atoms with van der Waals surface area (Å²) in [5.41, 5.74) is 5.98. The fourth-order valence-corrected chi connectivity index (χ4v) is 3.96.